The van der Waals surface area contributed by atoms with E-state index in [-0.39, 0.29) is 30.4 Å². The van der Waals surface area contributed by atoms with Gasteiger partial charge in [-0.25, -0.2) is 0 Å². The van der Waals surface area contributed by atoms with Gasteiger partial charge >= 0.3 is 0 Å². The molecule has 2 aromatic rings. The standard InChI is InChI=1S/C23H28N4O4/c1-2-24-22(29)16-5-9-18(10-6-16)25-15-21(28)27-19-11-7-17(8-12-19)23(30)26-14-20-4-3-13-31-20/h5-12,20,25H,2-4,13-15H2,1H3,(H,24,29)(H,26,30)(H,27,28). The number of benzene rings is 2. The van der Waals surface area contributed by atoms with Crippen molar-refractivity contribution in [1.82, 2.24) is 10.6 Å². The maximum Gasteiger partial charge on any atom is 0.251 e. The second-order valence-electron chi connectivity index (χ2n) is 7.26. The van der Waals surface area contributed by atoms with E-state index in [1.54, 1.807) is 48.5 Å². The zero-order valence-corrected chi connectivity index (χ0v) is 17.6. The maximum absolute atomic E-state index is 12.2. The second-order valence-corrected chi connectivity index (χ2v) is 7.26. The van der Waals surface area contributed by atoms with Gasteiger partial charge < -0.3 is 26.0 Å². The molecule has 2 aromatic carbocycles. The summed E-state index contributed by atoms with van der Waals surface area (Å²) in [7, 11) is 0. The Morgan fingerprint density at radius 3 is 2.10 bits per heavy atom. The molecule has 164 valence electrons. The first-order valence-electron chi connectivity index (χ1n) is 10.5. The number of carbonyl (C=O) groups is 3. The van der Waals surface area contributed by atoms with Crippen molar-refractivity contribution < 1.29 is 19.1 Å². The van der Waals surface area contributed by atoms with Gasteiger partial charge in [0.2, 0.25) is 5.91 Å². The first-order valence-corrected chi connectivity index (χ1v) is 10.5. The lowest BCUT2D eigenvalue weighted by Crippen LogP contribution is -2.31. The van der Waals surface area contributed by atoms with Crippen LogP contribution >= 0.6 is 0 Å². The number of carbonyl (C=O) groups excluding carboxylic acids is 3. The van der Waals surface area contributed by atoms with Crippen LogP contribution in [-0.2, 0) is 9.53 Å². The number of hydrogen-bond acceptors (Lipinski definition) is 5. The summed E-state index contributed by atoms with van der Waals surface area (Å²) in [5, 5.41) is 11.4. The van der Waals surface area contributed by atoms with Gasteiger partial charge in [-0.2, -0.15) is 0 Å². The molecule has 0 radical (unpaired) electrons. The molecule has 1 atom stereocenters. The average molecular weight is 425 g/mol. The lowest BCUT2D eigenvalue weighted by molar-refractivity contribution is -0.114. The molecule has 31 heavy (non-hydrogen) atoms. The summed E-state index contributed by atoms with van der Waals surface area (Å²) in [5.74, 6) is -0.509. The van der Waals surface area contributed by atoms with Gasteiger partial charge in [0.1, 0.15) is 0 Å². The number of anilines is 2. The van der Waals surface area contributed by atoms with Crippen molar-refractivity contribution in [3.8, 4) is 0 Å². The number of nitrogens with one attached hydrogen (secondary N) is 4. The highest BCUT2D eigenvalue weighted by atomic mass is 16.5. The van der Waals surface area contributed by atoms with E-state index in [0.29, 0.717) is 29.9 Å². The SMILES string of the molecule is CCNC(=O)c1ccc(NCC(=O)Nc2ccc(C(=O)NCC3CCCO3)cc2)cc1. The molecule has 1 fully saturated rings. The lowest BCUT2D eigenvalue weighted by atomic mass is 10.2. The molecule has 0 saturated carbocycles. The van der Waals surface area contributed by atoms with Crippen LogP contribution in [-0.4, -0.2) is 50.1 Å². The van der Waals surface area contributed by atoms with Crippen molar-refractivity contribution in [2.24, 2.45) is 0 Å². The van der Waals surface area contributed by atoms with Crippen LogP contribution in [0.1, 0.15) is 40.5 Å². The molecule has 0 aromatic heterocycles. The van der Waals surface area contributed by atoms with Crippen LogP contribution in [0.15, 0.2) is 48.5 Å². The number of hydrogen-bond donors (Lipinski definition) is 4. The predicted octanol–water partition coefficient (Wildman–Crippen LogP) is 2.40. The van der Waals surface area contributed by atoms with Gasteiger partial charge in [-0.3, -0.25) is 14.4 Å². The zero-order chi connectivity index (χ0) is 22.1. The molecule has 4 N–H and O–H groups in total. The fourth-order valence-electron chi connectivity index (χ4n) is 3.21. The highest BCUT2D eigenvalue weighted by Crippen LogP contribution is 2.13. The highest BCUT2D eigenvalue weighted by molar-refractivity contribution is 5.97. The molecule has 1 aliphatic rings. The summed E-state index contributed by atoms with van der Waals surface area (Å²) in [4.78, 5) is 36.2. The van der Waals surface area contributed by atoms with Gasteiger partial charge in [-0.1, -0.05) is 0 Å². The molecule has 8 nitrogen and oxygen atoms in total. The van der Waals surface area contributed by atoms with Gasteiger partial charge in [0, 0.05) is 42.2 Å². The summed E-state index contributed by atoms with van der Waals surface area (Å²) < 4.78 is 5.50. The van der Waals surface area contributed by atoms with E-state index in [9.17, 15) is 14.4 Å². The van der Waals surface area contributed by atoms with Crippen molar-refractivity contribution in [1.29, 1.82) is 0 Å². The van der Waals surface area contributed by atoms with Crippen LogP contribution in [0.2, 0.25) is 0 Å². The molecule has 1 saturated heterocycles. The first-order chi connectivity index (χ1) is 15.0. The molecular formula is C23H28N4O4. The Bertz CT molecular complexity index is 891. The Morgan fingerprint density at radius 2 is 1.52 bits per heavy atom. The lowest BCUT2D eigenvalue weighted by Gasteiger charge is -2.11. The van der Waals surface area contributed by atoms with Crippen LogP contribution in [0, 0.1) is 0 Å². The minimum Gasteiger partial charge on any atom is -0.376 e. The van der Waals surface area contributed by atoms with E-state index in [0.717, 1.165) is 25.1 Å². The summed E-state index contributed by atoms with van der Waals surface area (Å²) in [5.41, 5.74) is 2.44. The Kier molecular flexibility index (Phi) is 8.00. The van der Waals surface area contributed by atoms with Gasteiger partial charge in [-0.15, -0.1) is 0 Å². The topological polar surface area (TPSA) is 109 Å². The highest BCUT2D eigenvalue weighted by Gasteiger charge is 2.16. The summed E-state index contributed by atoms with van der Waals surface area (Å²) >= 11 is 0. The third kappa shape index (κ3) is 6.82. The average Bonchev–Trinajstić information content (AvgIpc) is 3.31. The molecule has 1 unspecified atom stereocenters. The number of rotatable bonds is 9. The Balaban J connectivity index is 1.42. The molecule has 0 bridgehead atoms. The van der Waals surface area contributed by atoms with Crippen molar-refractivity contribution in [3.05, 3.63) is 59.7 Å². The molecule has 0 spiro atoms. The largest absolute Gasteiger partial charge is 0.376 e. The predicted molar refractivity (Wildman–Crippen MR) is 119 cm³/mol. The minimum absolute atomic E-state index is 0.0735. The molecule has 3 amide bonds. The van der Waals surface area contributed by atoms with Gasteiger partial charge in [0.25, 0.3) is 11.8 Å². The van der Waals surface area contributed by atoms with Crippen molar-refractivity contribution in [3.63, 3.8) is 0 Å². The quantitative estimate of drug-likeness (QED) is 0.494. The van der Waals surface area contributed by atoms with Gasteiger partial charge in [0.05, 0.1) is 12.6 Å². The van der Waals surface area contributed by atoms with Gasteiger partial charge in [-0.05, 0) is 68.3 Å². The molecule has 8 heteroatoms. The fraction of sp³-hybridized carbons (Fsp3) is 0.348. The summed E-state index contributed by atoms with van der Waals surface area (Å²) in [6, 6.07) is 13.6. The van der Waals surface area contributed by atoms with Crippen molar-refractivity contribution in [2.45, 2.75) is 25.9 Å². The van der Waals surface area contributed by atoms with Gasteiger partial charge in [0.15, 0.2) is 0 Å². The zero-order valence-electron chi connectivity index (χ0n) is 17.6. The fourth-order valence-corrected chi connectivity index (χ4v) is 3.21. The van der Waals surface area contributed by atoms with Crippen LogP contribution in [0.5, 0.6) is 0 Å². The number of ether oxygens (including phenoxy) is 1. The van der Waals surface area contributed by atoms with Crippen molar-refractivity contribution in [2.75, 3.05) is 36.9 Å². The van der Waals surface area contributed by atoms with Crippen molar-refractivity contribution >= 4 is 29.1 Å². The van der Waals surface area contributed by atoms with E-state index in [1.807, 2.05) is 6.92 Å². The molecule has 1 aliphatic heterocycles. The van der Waals surface area contributed by atoms with E-state index in [2.05, 4.69) is 21.3 Å². The smallest absolute Gasteiger partial charge is 0.251 e. The number of amides is 3. The molecule has 0 aliphatic carbocycles. The maximum atomic E-state index is 12.2. The van der Waals surface area contributed by atoms with E-state index < -0.39 is 0 Å². The Morgan fingerprint density at radius 1 is 0.903 bits per heavy atom. The second kappa shape index (κ2) is 11.1. The molecule has 1 heterocycles. The third-order valence-corrected chi connectivity index (χ3v) is 4.88. The first kappa shape index (κ1) is 22.3. The Hall–Kier alpha value is -3.39. The minimum atomic E-state index is -0.219. The van der Waals surface area contributed by atoms with Crippen LogP contribution < -0.4 is 21.3 Å². The van der Waals surface area contributed by atoms with E-state index in [4.69, 9.17) is 4.74 Å². The van der Waals surface area contributed by atoms with E-state index >= 15 is 0 Å². The normalized spacial score (nSPS) is 15.2. The van der Waals surface area contributed by atoms with E-state index in [1.165, 1.54) is 0 Å². The Labute approximate surface area is 181 Å². The van der Waals surface area contributed by atoms with Crippen LogP contribution in [0.4, 0.5) is 11.4 Å². The van der Waals surface area contributed by atoms with Crippen LogP contribution in [0.25, 0.3) is 0 Å². The molecular weight excluding hydrogens is 396 g/mol. The monoisotopic (exact) mass is 424 g/mol. The summed E-state index contributed by atoms with van der Waals surface area (Å²) in [6.45, 7) is 3.77. The van der Waals surface area contributed by atoms with Crippen LogP contribution in [0.3, 0.4) is 0 Å². The summed E-state index contributed by atoms with van der Waals surface area (Å²) in [6.07, 6.45) is 2.10. The third-order valence-electron chi connectivity index (χ3n) is 4.88. The molecule has 3 rings (SSSR count).